The van der Waals surface area contributed by atoms with Gasteiger partial charge in [-0.05, 0) is 5.56 Å². The lowest BCUT2D eigenvalue weighted by atomic mass is 10.0. The van der Waals surface area contributed by atoms with Crippen molar-refractivity contribution in [1.82, 2.24) is 9.96 Å². The van der Waals surface area contributed by atoms with Gasteiger partial charge in [-0.2, -0.15) is 0 Å². The quantitative estimate of drug-likeness (QED) is 0.708. The first-order valence-electron chi connectivity index (χ1n) is 8.65. The molecule has 128 valence electrons. The van der Waals surface area contributed by atoms with E-state index in [9.17, 15) is 5.21 Å². The summed E-state index contributed by atoms with van der Waals surface area (Å²) in [4.78, 5) is 2.18. The van der Waals surface area contributed by atoms with Gasteiger partial charge in [-0.25, -0.2) is 5.06 Å². The SMILES string of the molecule is ON1C=CN(Cc2ccccc2)C(c2ccccc2)=C1c1ccccc1. The predicted octanol–water partition coefficient (Wildman–Crippen LogP) is 5.19. The molecule has 0 bridgehead atoms. The van der Waals surface area contributed by atoms with Crippen molar-refractivity contribution >= 4 is 11.4 Å². The molecule has 0 atom stereocenters. The van der Waals surface area contributed by atoms with Crippen LogP contribution in [0.3, 0.4) is 0 Å². The number of hydrogen-bond donors (Lipinski definition) is 1. The summed E-state index contributed by atoms with van der Waals surface area (Å²) in [7, 11) is 0. The molecule has 0 unspecified atom stereocenters. The Morgan fingerprint density at radius 1 is 0.577 bits per heavy atom. The van der Waals surface area contributed by atoms with Crippen molar-refractivity contribution < 1.29 is 5.21 Å². The maximum Gasteiger partial charge on any atom is 0.100 e. The number of benzene rings is 3. The fraction of sp³-hybridized carbons (Fsp3) is 0.0435. The molecule has 0 aromatic heterocycles. The van der Waals surface area contributed by atoms with E-state index in [2.05, 4.69) is 29.2 Å². The topological polar surface area (TPSA) is 26.7 Å². The molecular formula is C23H20N2O. The highest BCUT2D eigenvalue weighted by molar-refractivity contribution is 5.90. The monoisotopic (exact) mass is 340 g/mol. The number of hydroxylamine groups is 2. The molecule has 26 heavy (non-hydrogen) atoms. The summed E-state index contributed by atoms with van der Waals surface area (Å²) in [5.41, 5.74) is 4.99. The average Bonchev–Trinajstić information content (AvgIpc) is 2.71. The lowest BCUT2D eigenvalue weighted by Gasteiger charge is -2.33. The molecule has 0 radical (unpaired) electrons. The van der Waals surface area contributed by atoms with Crippen molar-refractivity contribution in [2.45, 2.75) is 6.54 Å². The third-order valence-electron chi connectivity index (χ3n) is 4.42. The average molecular weight is 340 g/mol. The molecule has 0 saturated carbocycles. The van der Waals surface area contributed by atoms with E-state index in [1.165, 1.54) is 10.6 Å². The summed E-state index contributed by atoms with van der Waals surface area (Å²) in [6.07, 6.45) is 3.61. The van der Waals surface area contributed by atoms with E-state index in [-0.39, 0.29) is 0 Å². The lowest BCUT2D eigenvalue weighted by Crippen LogP contribution is -2.26. The van der Waals surface area contributed by atoms with Gasteiger partial charge in [0.15, 0.2) is 0 Å². The maximum absolute atomic E-state index is 10.6. The molecule has 1 heterocycles. The second kappa shape index (κ2) is 7.30. The van der Waals surface area contributed by atoms with Crippen LogP contribution in [0, 0.1) is 0 Å². The van der Waals surface area contributed by atoms with E-state index in [1.807, 2.05) is 72.9 Å². The number of hydrogen-bond acceptors (Lipinski definition) is 3. The highest BCUT2D eigenvalue weighted by atomic mass is 16.5. The Balaban J connectivity index is 1.85. The minimum absolute atomic E-state index is 0.728. The first kappa shape index (κ1) is 16.2. The molecule has 3 aromatic carbocycles. The first-order chi connectivity index (χ1) is 12.8. The zero-order valence-corrected chi connectivity index (χ0v) is 14.4. The fourth-order valence-electron chi connectivity index (χ4n) is 3.21. The molecule has 3 heteroatoms. The van der Waals surface area contributed by atoms with Gasteiger partial charge in [-0.1, -0.05) is 91.0 Å². The predicted molar refractivity (Wildman–Crippen MR) is 104 cm³/mol. The molecule has 0 saturated heterocycles. The Labute approximate surface area is 153 Å². The van der Waals surface area contributed by atoms with Crippen molar-refractivity contribution in [2.24, 2.45) is 0 Å². The maximum atomic E-state index is 10.6. The second-order valence-electron chi connectivity index (χ2n) is 6.19. The standard InChI is InChI=1S/C23H20N2O/c26-25-17-16-24(18-19-10-4-1-5-11-19)22(20-12-6-2-7-13-20)23(25)21-14-8-3-9-15-21/h1-17,26H,18H2. The van der Waals surface area contributed by atoms with Crippen LogP contribution < -0.4 is 0 Å². The summed E-state index contributed by atoms with van der Waals surface area (Å²) >= 11 is 0. The first-order valence-corrected chi connectivity index (χ1v) is 8.65. The lowest BCUT2D eigenvalue weighted by molar-refractivity contribution is 0.0209. The highest BCUT2D eigenvalue weighted by Gasteiger charge is 2.24. The van der Waals surface area contributed by atoms with Crippen LogP contribution >= 0.6 is 0 Å². The Morgan fingerprint density at radius 2 is 1.08 bits per heavy atom. The van der Waals surface area contributed by atoms with Gasteiger partial charge in [0.25, 0.3) is 0 Å². The van der Waals surface area contributed by atoms with E-state index in [0.717, 1.165) is 29.1 Å². The van der Waals surface area contributed by atoms with Crippen molar-refractivity contribution in [2.75, 3.05) is 0 Å². The largest absolute Gasteiger partial charge is 0.340 e. The van der Waals surface area contributed by atoms with Crippen molar-refractivity contribution in [3.05, 3.63) is 120 Å². The van der Waals surface area contributed by atoms with Crippen LogP contribution in [0.2, 0.25) is 0 Å². The van der Waals surface area contributed by atoms with Gasteiger partial charge in [-0.15, -0.1) is 0 Å². The normalized spacial score (nSPS) is 14.0. The third-order valence-corrected chi connectivity index (χ3v) is 4.42. The van der Waals surface area contributed by atoms with Crippen LogP contribution in [0.15, 0.2) is 103 Å². The van der Waals surface area contributed by atoms with Gasteiger partial charge in [0.1, 0.15) is 5.70 Å². The Kier molecular flexibility index (Phi) is 4.54. The summed E-state index contributed by atoms with van der Waals surface area (Å²) in [6.45, 7) is 0.728. The zero-order valence-electron chi connectivity index (χ0n) is 14.4. The Bertz CT molecular complexity index is 918. The van der Waals surface area contributed by atoms with Gasteiger partial charge in [0.05, 0.1) is 5.70 Å². The van der Waals surface area contributed by atoms with Crippen LogP contribution in [0.1, 0.15) is 16.7 Å². The van der Waals surface area contributed by atoms with E-state index in [1.54, 1.807) is 6.20 Å². The number of nitrogens with zero attached hydrogens (tertiary/aromatic N) is 2. The highest BCUT2D eigenvalue weighted by Crippen LogP contribution is 2.35. The molecule has 0 fully saturated rings. The van der Waals surface area contributed by atoms with E-state index >= 15 is 0 Å². The summed E-state index contributed by atoms with van der Waals surface area (Å²) in [6, 6.07) is 30.5. The molecule has 1 aliphatic heterocycles. The van der Waals surface area contributed by atoms with Crippen LogP contribution in [-0.2, 0) is 6.54 Å². The van der Waals surface area contributed by atoms with Gasteiger partial charge in [0.2, 0.25) is 0 Å². The second-order valence-corrected chi connectivity index (χ2v) is 6.19. The Hall–Kier alpha value is -3.30. The minimum atomic E-state index is 0.728. The van der Waals surface area contributed by atoms with Gasteiger partial charge >= 0.3 is 0 Å². The van der Waals surface area contributed by atoms with E-state index < -0.39 is 0 Å². The number of rotatable bonds is 4. The zero-order chi connectivity index (χ0) is 17.8. The molecular weight excluding hydrogens is 320 g/mol. The van der Waals surface area contributed by atoms with Crippen LogP contribution in [0.4, 0.5) is 0 Å². The summed E-state index contributed by atoms with van der Waals surface area (Å²) in [5.74, 6) is 0. The van der Waals surface area contributed by atoms with Crippen molar-refractivity contribution in [1.29, 1.82) is 0 Å². The molecule has 1 aliphatic rings. The van der Waals surface area contributed by atoms with Crippen molar-refractivity contribution in [3.63, 3.8) is 0 Å². The van der Waals surface area contributed by atoms with Crippen LogP contribution in [-0.4, -0.2) is 15.2 Å². The fourth-order valence-corrected chi connectivity index (χ4v) is 3.21. The van der Waals surface area contributed by atoms with Gasteiger partial charge in [-0.3, -0.25) is 5.21 Å². The molecule has 3 aromatic rings. The summed E-state index contributed by atoms with van der Waals surface area (Å²) in [5, 5.41) is 11.8. The third kappa shape index (κ3) is 3.25. The van der Waals surface area contributed by atoms with Gasteiger partial charge in [0, 0.05) is 30.1 Å². The van der Waals surface area contributed by atoms with E-state index in [0.29, 0.717) is 0 Å². The molecule has 0 aliphatic carbocycles. The molecule has 3 nitrogen and oxygen atoms in total. The van der Waals surface area contributed by atoms with Crippen molar-refractivity contribution in [3.8, 4) is 0 Å². The molecule has 0 spiro atoms. The smallest absolute Gasteiger partial charge is 0.100 e. The summed E-state index contributed by atoms with van der Waals surface area (Å²) < 4.78 is 0. The Morgan fingerprint density at radius 3 is 1.65 bits per heavy atom. The molecule has 1 N–H and O–H groups in total. The van der Waals surface area contributed by atoms with Gasteiger partial charge < -0.3 is 4.90 Å². The van der Waals surface area contributed by atoms with Crippen LogP contribution in [0.25, 0.3) is 11.4 Å². The minimum Gasteiger partial charge on any atom is -0.340 e. The molecule has 0 amide bonds. The van der Waals surface area contributed by atoms with E-state index in [4.69, 9.17) is 0 Å². The molecule has 4 rings (SSSR count). The van der Waals surface area contributed by atoms with Crippen LogP contribution in [0.5, 0.6) is 0 Å².